The number of fused-ring (bicyclic) bond motifs is 5. The minimum atomic E-state index is -1.45. The van der Waals surface area contributed by atoms with Crippen molar-refractivity contribution in [2.75, 3.05) is 6.61 Å². The maximum absolute atomic E-state index is 13.9. The monoisotopic (exact) mass is 562 g/mol. The number of ketones is 1. The van der Waals surface area contributed by atoms with E-state index in [0.29, 0.717) is 35.9 Å². The summed E-state index contributed by atoms with van der Waals surface area (Å²) in [5.74, 6) is 3.42. The zero-order valence-electron chi connectivity index (χ0n) is 25.3. The van der Waals surface area contributed by atoms with Gasteiger partial charge in [0.25, 0.3) is 0 Å². The molecule has 7 heteroatoms. The van der Waals surface area contributed by atoms with Crippen molar-refractivity contribution in [3.63, 3.8) is 0 Å². The Kier molecular flexibility index (Phi) is 8.95. The molecule has 0 radical (unpaired) electrons. The van der Waals surface area contributed by atoms with Crippen molar-refractivity contribution in [2.24, 2.45) is 46.3 Å². The van der Waals surface area contributed by atoms with E-state index in [1.54, 1.807) is 0 Å². The first-order chi connectivity index (χ1) is 18.9. The van der Waals surface area contributed by atoms with Gasteiger partial charge in [-0.05, 0) is 91.4 Å². The molecule has 1 heterocycles. The molecule has 228 valence electrons. The smallest absolute Gasteiger partial charge is 0.186 e. The summed E-state index contributed by atoms with van der Waals surface area (Å²) in [5.41, 5.74) is 1.37. The van der Waals surface area contributed by atoms with Gasteiger partial charge in [-0.25, -0.2) is 0 Å². The van der Waals surface area contributed by atoms with E-state index < -0.39 is 37.3 Å². The number of allylic oxidation sites excluding steroid dienone is 1. The lowest BCUT2D eigenvalue weighted by Crippen LogP contribution is -2.60. The zero-order chi connectivity index (χ0) is 29.0. The molecule has 1 saturated heterocycles. The van der Waals surface area contributed by atoms with Crippen molar-refractivity contribution in [3.8, 4) is 0 Å². The van der Waals surface area contributed by atoms with Crippen molar-refractivity contribution in [1.29, 1.82) is 0 Å². The molecule has 0 aromatic carbocycles. The number of hydrogen-bond acceptors (Lipinski definition) is 7. The van der Waals surface area contributed by atoms with Crippen molar-refractivity contribution in [3.05, 3.63) is 11.6 Å². The highest BCUT2D eigenvalue weighted by atomic mass is 16.7. The molecule has 5 rings (SSSR count). The second-order valence-electron chi connectivity index (χ2n) is 15.0. The molecular weight excluding hydrogens is 508 g/mol. The Labute approximate surface area is 240 Å². The van der Waals surface area contributed by atoms with Crippen LogP contribution in [0.3, 0.4) is 0 Å². The standard InChI is InChI=1S/C33H54O7/c1-18(2)7-6-8-19(3)22-9-10-23-27-24(12-14-33(22,23)5)32(4)13-11-21(15-20(32)16-25(27)35)39-31-30(38)29(37)28(36)26(17-34)40-31/h16,18-19,21-24,26-31,34,36-38H,6-15,17H2,1-5H3/t19-,21+,22-,23+,24+,26-,27+,28+,29-,30+,31+,32+,33-/m1/s1. The van der Waals surface area contributed by atoms with Gasteiger partial charge in [-0.3, -0.25) is 4.79 Å². The van der Waals surface area contributed by atoms with Crippen LogP contribution in [-0.2, 0) is 14.3 Å². The lowest BCUT2D eigenvalue weighted by Gasteiger charge is -2.58. The molecule has 4 aliphatic carbocycles. The minimum absolute atomic E-state index is 0.0316. The van der Waals surface area contributed by atoms with Crippen LogP contribution in [0.1, 0.15) is 98.8 Å². The number of carbonyl (C=O) groups is 1. The van der Waals surface area contributed by atoms with Crippen molar-refractivity contribution >= 4 is 5.78 Å². The van der Waals surface area contributed by atoms with Crippen LogP contribution in [0.4, 0.5) is 0 Å². The Balaban J connectivity index is 1.28. The number of ether oxygens (including phenoxy) is 2. The molecule has 0 spiro atoms. The molecule has 5 aliphatic rings. The first kappa shape index (κ1) is 30.6. The van der Waals surface area contributed by atoms with E-state index in [4.69, 9.17) is 9.47 Å². The highest BCUT2D eigenvalue weighted by Gasteiger charge is 2.61. The molecule has 13 atom stereocenters. The maximum Gasteiger partial charge on any atom is 0.186 e. The van der Waals surface area contributed by atoms with Gasteiger partial charge in [0.05, 0.1) is 12.7 Å². The number of carbonyl (C=O) groups excluding carboxylic acids is 1. The third kappa shape index (κ3) is 5.26. The second kappa shape index (κ2) is 11.7. The first-order valence-electron chi connectivity index (χ1n) is 16.1. The van der Waals surface area contributed by atoms with E-state index in [-0.39, 0.29) is 22.9 Å². The summed E-state index contributed by atoms with van der Waals surface area (Å²) in [5, 5.41) is 40.3. The van der Waals surface area contributed by atoms with Gasteiger partial charge in [-0.1, -0.05) is 59.5 Å². The molecule has 7 nitrogen and oxygen atoms in total. The summed E-state index contributed by atoms with van der Waals surface area (Å²) in [4.78, 5) is 13.9. The Morgan fingerprint density at radius 1 is 0.975 bits per heavy atom. The summed E-state index contributed by atoms with van der Waals surface area (Å²) < 4.78 is 11.7. The largest absolute Gasteiger partial charge is 0.394 e. The van der Waals surface area contributed by atoms with E-state index in [0.717, 1.165) is 30.8 Å². The fraction of sp³-hybridized carbons (Fsp3) is 0.909. The van der Waals surface area contributed by atoms with E-state index in [9.17, 15) is 25.2 Å². The van der Waals surface area contributed by atoms with Gasteiger partial charge in [0.1, 0.15) is 24.4 Å². The number of hydrogen-bond donors (Lipinski definition) is 4. The van der Waals surface area contributed by atoms with Crippen molar-refractivity contribution in [2.45, 2.75) is 136 Å². The van der Waals surface area contributed by atoms with Gasteiger partial charge in [-0.15, -0.1) is 0 Å². The van der Waals surface area contributed by atoms with Gasteiger partial charge >= 0.3 is 0 Å². The molecule has 0 bridgehead atoms. The molecule has 0 unspecified atom stereocenters. The number of rotatable bonds is 8. The van der Waals surface area contributed by atoms with Gasteiger partial charge in [0.15, 0.2) is 12.1 Å². The Morgan fingerprint density at radius 2 is 1.73 bits per heavy atom. The number of aliphatic hydroxyl groups excluding tert-OH is 4. The Hall–Kier alpha value is -0.830. The normalized spacial score (nSPS) is 47.9. The second-order valence-corrected chi connectivity index (χ2v) is 15.0. The van der Waals surface area contributed by atoms with Gasteiger partial charge in [-0.2, -0.15) is 0 Å². The lowest BCUT2D eigenvalue weighted by molar-refractivity contribution is -0.313. The molecule has 0 aromatic heterocycles. The fourth-order valence-corrected chi connectivity index (χ4v) is 9.88. The minimum Gasteiger partial charge on any atom is -0.394 e. The summed E-state index contributed by atoms with van der Waals surface area (Å²) in [6.45, 7) is 11.5. The molecule has 40 heavy (non-hydrogen) atoms. The molecule has 0 aromatic rings. The highest BCUT2D eigenvalue weighted by molar-refractivity contribution is 5.94. The summed E-state index contributed by atoms with van der Waals surface area (Å²) in [6, 6.07) is 0. The average molecular weight is 563 g/mol. The molecular formula is C33H54O7. The van der Waals surface area contributed by atoms with Gasteiger partial charge < -0.3 is 29.9 Å². The lowest BCUT2D eigenvalue weighted by atomic mass is 9.46. The molecule has 3 saturated carbocycles. The highest BCUT2D eigenvalue weighted by Crippen LogP contribution is 2.66. The van der Waals surface area contributed by atoms with Crippen LogP contribution in [0.2, 0.25) is 0 Å². The van der Waals surface area contributed by atoms with Crippen LogP contribution in [0.25, 0.3) is 0 Å². The van der Waals surface area contributed by atoms with E-state index in [1.807, 2.05) is 6.08 Å². The van der Waals surface area contributed by atoms with Crippen LogP contribution in [0.15, 0.2) is 11.6 Å². The Morgan fingerprint density at radius 3 is 2.42 bits per heavy atom. The van der Waals surface area contributed by atoms with Gasteiger partial charge in [0, 0.05) is 5.92 Å². The van der Waals surface area contributed by atoms with Crippen LogP contribution in [-0.4, -0.2) is 69.6 Å². The quantitative estimate of drug-likeness (QED) is 0.347. The molecule has 4 N–H and O–H groups in total. The first-order valence-corrected chi connectivity index (χ1v) is 16.1. The average Bonchev–Trinajstić information content (AvgIpc) is 3.26. The number of aliphatic hydroxyl groups is 4. The van der Waals surface area contributed by atoms with Crippen LogP contribution in [0.5, 0.6) is 0 Å². The fourth-order valence-electron chi connectivity index (χ4n) is 9.88. The van der Waals surface area contributed by atoms with Gasteiger partial charge in [0.2, 0.25) is 0 Å². The van der Waals surface area contributed by atoms with Crippen LogP contribution in [0, 0.1) is 46.3 Å². The van der Waals surface area contributed by atoms with E-state index in [2.05, 4.69) is 34.6 Å². The van der Waals surface area contributed by atoms with Crippen molar-refractivity contribution < 1.29 is 34.7 Å². The van der Waals surface area contributed by atoms with Crippen LogP contribution >= 0.6 is 0 Å². The molecule has 0 amide bonds. The third-order valence-electron chi connectivity index (χ3n) is 12.3. The van der Waals surface area contributed by atoms with E-state index >= 15 is 0 Å². The van der Waals surface area contributed by atoms with E-state index in [1.165, 1.54) is 38.5 Å². The summed E-state index contributed by atoms with van der Waals surface area (Å²) in [6.07, 6.45) is 6.21. The SMILES string of the molecule is CC(C)CCC[C@@H](C)[C@H]1CC[C@H]2[C@@H]3C(=O)C=C4C[C@@H](O[C@H]5O[C@H](CO)[C@H](O)[C@@H](O)[C@@H]5O)CC[C@]4(C)[C@H]3CC[C@]12C. The molecule has 4 fully saturated rings. The topological polar surface area (TPSA) is 116 Å². The Bertz CT molecular complexity index is 947. The summed E-state index contributed by atoms with van der Waals surface area (Å²) in [7, 11) is 0. The molecule has 1 aliphatic heterocycles. The predicted octanol–water partition coefficient (Wildman–Crippen LogP) is 4.39. The van der Waals surface area contributed by atoms with Crippen LogP contribution < -0.4 is 0 Å². The zero-order valence-corrected chi connectivity index (χ0v) is 25.3. The van der Waals surface area contributed by atoms with Crippen molar-refractivity contribution in [1.82, 2.24) is 0 Å². The summed E-state index contributed by atoms with van der Waals surface area (Å²) >= 11 is 0. The predicted molar refractivity (Wildman–Crippen MR) is 152 cm³/mol. The third-order valence-corrected chi connectivity index (χ3v) is 12.3. The maximum atomic E-state index is 13.9.